The van der Waals surface area contributed by atoms with Crippen LogP contribution >= 0.6 is 11.6 Å². The summed E-state index contributed by atoms with van der Waals surface area (Å²) < 4.78 is 5.50. The molecule has 0 bridgehead atoms. The Morgan fingerprint density at radius 1 is 1.00 bits per heavy atom. The molecule has 1 amide bonds. The Balaban J connectivity index is 1.76. The number of carbonyl (C=O) groups excluding carboxylic acids is 1. The van der Waals surface area contributed by atoms with Gasteiger partial charge < -0.3 is 4.74 Å². The number of benzene rings is 3. The van der Waals surface area contributed by atoms with E-state index >= 15 is 0 Å². The summed E-state index contributed by atoms with van der Waals surface area (Å²) in [7, 11) is 0. The van der Waals surface area contributed by atoms with E-state index in [9.17, 15) is 4.79 Å². The van der Waals surface area contributed by atoms with E-state index in [0.29, 0.717) is 17.2 Å². The van der Waals surface area contributed by atoms with Gasteiger partial charge in [0.25, 0.3) is 5.91 Å². The van der Waals surface area contributed by atoms with Gasteiger partial charge in [0.15, 0.2) is 0 Å². The molecule has 0 fully saturated rings. The van der Waals surface area contributed by atoms with Crippen molar-refractivity contribution in [1.82, 2.24) is 0 Å². The van der Waals surface area contributed by atoms with Crippen molar-refractivity contribution >= 4 is 35.0 Å². The van der Waals surface area contributed by atoms with E-state index < -0.39 is 0 Å². The van der Waals surface area contributed by atoms with Gasteiger partial charge in [-0.15, -0.1) is 0 Å². The van der Waals surface area contributed by atoms with Crippen molar-refractivity contribution in [3.8, 4) is 5.75 Å². The van der Waals surface area contributed by atoms with Crippen molar-refractivity contribution in [2.75, 3.05) is 11.5 Å². The van der Waals surface area contributed by atoms with E-state index in [-0.39, 0.29) is 5.91 Å². The van der Waals surface area contributed by atoms with Crippen molar-refractivity contribution in [1.29, 1.82) is 0 Å². The molecule has 3 aromatic rings. The summed E-state index contributed by atoms with van der Waals surface area (Å²) in [6.07, 6.45) is 3.84. The zero-order valence-corrected chi connectivity index (χ0v) is 17.7. The van der Waals surface area contributed by atoms with Crippen LogP contribution < -0.4 is 9.64 Å². The van der Waals surface area contributed by atoms with Crippen molar-refractivity contribution in [2.45, 2.75) is 13.8 Å². The number of aryl methyl sites for hydroxylation is 1. The molecule has 1 aliphatic heterocycles. The Morgan fingerprint density at radius 3 is 2.40 bits per heavy atom. The molecular formula is C26H22ClNO2. The molecule has 4 rings (SSSR count). The van der Waals surface area contributed by atoms with Crippen LogP contribution in [0.25, 0.3) is 11.8 Å². The molecule has 3 nitrogen and oxygen atoms in total. The average molecular weight is 416 g/mol. The van der Waals surface area contributed by atoms with Gasteiger partial charge in [0.1, 0.15) is 5.75 Å². The SMILES string of the molecule is CCOc1ccc(/C=C2\C=C(c3ccc(Cl)cc3)N(c3cccc(C)c3)C2=O)cc1. The zero-order valence-electron chi connectivity index (χ0n) is 16.9. The average Bonchev–Trinajstić information content (AvgIpc) is 3.06. The van der Waals surface area contributed by atoms with Gasteiger partial charge in [-0.25, -0.2) is 0 Å². The number of rotatable bonds is 5. The molecule has 150 valence electrons. The van der Waals surface area contributed by atoms with Gasteiger partial charge in [-0.1, -0.05) is 48.0 Å². The lowest BCUT2D eigenvalue weighted by atomic mass is 10.1. The monoisotopic (exact) mass is 415 g/mol. The molecule has 0 saturated carbocycles. The summed E-state index contributed by atoms with van der Waals surface area (Å²) in [5.74, 6) is 0.760. The number of hydrogen-bond acceptors (Lipinski definition) is 2. The minimum atomic E-state index is -0.0561. The first-order chi connectivity index (χ1) is 14.5. The standard InChI is InChI=1S/C26H22ClNO2/c1-3-30-24-13-7-19(8-14-24)16-21-17-25(20-9-11-22(27)12-10-20)28(26(21)29)23-6-4-5-18(2)15-23/h4-17H,3H2,1-2H3/b21-16+. The summed E-state index contributed by atoms with van der Waals surface area (Å²) in [4.78, 5) is 15.2. The lowest BCUT2D eigenvalue weighted by molar-refractivity contribution is -0.113. The Hall–Kier alpha value is -3.30. The molecule has 0 N–H and O–H groups in total. The van der Waals surface area contributed by atoms with Crippen LogP contribution in [0.4, 0.5) is 5.69 Å². The van der Waals surface area contributed by atoms with E-state index in [1.165, 1.54) is 0 Å². The van der Waals surface area contributed by atoms with Gasteiger partial charge in [0.2, 0.25) is 0 Å². The van der Waals surface area contributed by atoms with Crippen LogP contribution in [0.5, 0.6) is 5.75 Å². The minimum Gasteiger partial charge on any atom is -0.494 e. The van der Waals surface area contributed by atoms with Gasteiger partial charge in [-0.2, -0.15) is 0 Å². The second kappa shape index (κ2) is 8.60. The largest absolute Gasteiger partial charge is 0.494 e. The molecule has 30 heavy (non-hydrogen) atoms. The fourth-order valence-corrected chi connectivity index (χ4v) is 3.60. The highest BCUT2D eigenvalue weighted by molar-refractivity contribution is 6.30. The Bertz CT molecular complexity index is 1130. The molecule has 4 heteroatoms. The molecule has 0 radical (unpaired) electrons. The zero-order chi connectivity index (χ0) is 21.1. The van der Waals surface area contributed by atoms with Crippen LogP contribution in [0.2, 0.25) is 5.02 Å². The summed E-state index contributed by atoms with van der Waals surface area (Å²) in [6, 6.07) is 23.2. The van der Waals surface area contributed by atoms with Gasteiger partial charge in [0.05, 0.1) is 12.3 Å². The van der Waals surface area contributed by atoms with Crippen LogP contribution in [-0.2, 0) is 4.79 Å². The second-order valence-corrected chi connectivity index (χ2v) is 7.55. The predicted octanol–water partition coefficient (Wildman–Crippen LogP) is 6.52. The first kappa shape index (κ1) is 20.0. The highest BCUT2D eigenvalue weighted by Crippen LogP contribution is 2.36. The van der Waals surface area contributed by atoms with Crippen molar-refractivity contribution < 1.29 is 9.53 Å². The van der Waals surface area contributed by atoms with E-state index in [4.69, 9.17) is 16.3 Å². The number of nitrogens with zero attached hydrogens (tertiary/aromatic N) is 1. The quantitative estimate of drug-likeness (QED) is 0.444. The number of ether oxygens (including phenoxy) is 1. The van der Waals surface area contributed by atoms with Crippen LogP contribution in [0.15, 0.2) is 84.4 Å². The van der Waals surface area contributed by atoms with Crippen molar-refractivity contribution in [2.24, 2.45) is 0 Å². The second-order valence-electron chi connectivity index (χ2n) is 7.12. The maximum atomic E-state index is 13.4. The van der Waals surface area contributed by atoms with Gasteiger partial charge in [0, 0.05) is 16.3 Å². The molecule has 0 unspecified atom stereocenters. The van der Waals surface area contributed by atoms with Crippen LogP contribution in [0.1, 0.15) is 23.6 Å². The number of hydrogen-bond donors (Lipinski definition) is 0. The summed E-state index contributed by atoms with van der Waals surface area (Å²) in [5.41, 5.74) is 5.28. The van der Waals surface area contributed by atoms with E-state index in [1.54, 1.807) is 4.90 Å². The highest BCUT2D eigenvalue weighted by Gasteiger charge is 2.30. The normalized spacial score (nSPS) is 14.9. The minimum absolute atomic E-state index is 0.0561. The fourth-order valence-electron chi connectivity index (χ4n) is 3.48. The third-order valence-electron chi connectivity index (χ3n) is 4.90. The number of halogens is 1. The van der Waals surface area contributed by atoms with Gasteiger partial charge >= 0.3 is 0 Å². The molecule has 3 aromatic carbocycles. The molecule has 0 aliphatic carbocycles. The molecule has 0 aromatic heterocycles. The van der Waals surface area contributed by atoms with Gasteiger partial charge in [-0.3, -0.25) is 9.69 Å². The molecular weight excluding hydrogens is 394 g/mol. The molecule has 1 heterocycles. The first-order valence-electron chi connectivity index (χ1n) is 9.88. The smallest absolute Gasteiger partial charge is 0.262 e. The first-order valence-corrected chi connectivity index (χ1v) is 10.3. The Morgan fingerprint density at radius 2 is 1.73 bits per heavy atom. The van der Waals surface area contributed by atoms with E-state index in [2.05, 4.69) is 0 Å². The number of carbonyl (C=O) groups is 1. The molecule has 0 saturated heterocycles. The Labute approximate surface area is 181 Å². The summed E-state index contributed by atoms with van der Waals surface area (Å²) in [5, 5.41) is 0.663. The van der Waals surface area contributed by atoms with Crippen molar-refractivity contribution in [3.63, 3.8) is 0 Å². The van der Waals surface area contributed by atoms with E-state index in [1.807, 2.05) is 98.8 Å². The highest BCUT2D eigenvalue weighted by atomic mass is 35.5. The Kier molecular flexibility index (Phi) is 5.73. The van der Waals surface area contributed by atoms with Crippen LogP contribution in [0, 0.1) is 6.92 Å². The predicted molar refractivity (Wildman–Crippen MR) is 124 cm³/mol. The molecule has 0 atom stereocenters. The van der Waals surface area contributed by atoms with Crippen LogP contribution in [0.3, 0.4) is 0 Å². The van der Waals surface area contributed by atoms with Crippen molar-refractivity contribution in [3.05, 3.63) is 106 Å². The molecule has 1 aliphatic rings. The fraction of sp³-hybridized carbons (Fsp3) is 0.115. The number of anilines is 1. The topological polar surface area (TPSA) is 29.5 Å². The summed E-state index contributed by atoms with van der Waals surface area (Å²) in [6.45, 7) is 4.60. The lowest BCUT2D eigenvalue weighted by Crippen LogP contribution is -2.25. The number of amides is 1. The maximum Gasteiger partial charge on any atom is 0.262 e. The van der Waals surface area contributed by atoms with E-state index in [0.717, 1.165) is 33.8 Å². The maximum absolute atomic E-state index is 13.4. The van der Waals surface area contributed by atoms with Crippen LogP contribution in [-0.4, -0.2) is 12.5 Å². The third-order valence-corrected chi connectivity index (χ3v) is 5.15. The molecule has 0 spiro atoms. The third kappa shape index (κ3) is 4.17. The van der Waals surface area contributed by atoms with Gasteiger partial charge in [-0.05, 0) is 79.1 Å². The summed E-state index contributed by atoms with van der Waals surface area (Å²) >= 11 is 6.07. The lowest BCUT2D eigenvalue weighted by Gasteiger charge is -2.21.